The number of amides is 2. The van der Waals surface area contributed by atoms with Crippen molar-refractivity contribution < 1.29 is 9.59 Å². The second kappa shape index (κ2) is 5.81. The maximum absolute atomic E-state index is 12.0. The van der Waals surface area contributed by atoms with E-state index in [0.29, 0.717) is 16.9 Å². The molecule has 2 amide bonds. The molecule has 0 heterocycles. The molecule has 0 saturated carbocycles. The lowest BCUT2D eigenvalue weighted by molar-refractivity contribution is -0.122. The van der Waals surface area contributed by atoms with Crippen molar-refractivity contribution in [1.29, 1.82) is 0 Å². The number of benzene rings is 1. The van der Waals surface area contributed by atoms with Crippen LogP contribution in [-0.4, -0.2) is 23.4 Å². The maximum Gasteiger partial charge on any atom is 0.248 e. The lowest BCUT2D eigenvalue weighted by Gasteiger charge is -2.24. The van der Waals surface area contributed by atoms with E-state index >= 15 is 0 Å². The predicted molar refractivity (Wildman–Crippen MR) is 80.4 cm³/mol. The summed E-state index contributed by atoms with van der Waals surface area (Å²) in [6, 6.07) is 4.24. The van der Waals surface area contributed by atoms with E-state index in [1.165, 1.54) is 6.07 Å². The smallest absolute Gasteiger partial charge is 0.248 e. The molecule has 1 aromatic rings. The van der Waals surface area contributed by atoms with E-state index in [4.69, 9.17) is 11.5 Å². The molecule has 1 unspecified atom stereocenters. The Balaban J connectivity index is 2.78. The first kappa shape index (κ1) is 15.8. The Morgan fingerprint density at radius 1 is 1.25 bits per heavy atom. The molecule has 1 aromatic carbocycles. The predicted octanol–water partition coefficient (Wildman–Crippen LogP) is 1.08. The van der Waals surface area contributed by atoms with Gasteiger partial charge in [-0.25, -0.2) is 0 Å². The van der Waals surface area contributed by atoms with Crippen LogP contribution in [0.5, 0.6) is 0 Å². The minimum absolute atomic E-state index is 0.129. The van der Waals surface area contributed by atoms with E-state index in [-0.39, 0.29) is 11.4 Å². The number of carbonyl (C=O) groups is 2. The lowest BCUT2D eigenvalue weighted by Crippen LogP contribution is -2.47. The van der Waals surface area contributed by atoms with Gasteiger partial charge in [0, 0.05) is 11.1 Å². The van der Waals surface area contributed by atoms with Crippen LogP contribution in [0.3, 0.4) is 0 Å². The van der Waals surface area contributed by atoms with Crippen LogP contribution in [0.2, 0.25) is 0 Å². The molecule has 0 bridgehead atoms. The number of nitrogens with two attached hydrogens (primary N) is 2. The Labute approximate surface area is 118 Å². The molecule has 6 N–H and O–H groups in total. The molecule has 0 radical (unpaired) electrons. The van der Waals surface area contributed by atoms with Crippen LogP contribution in [-0.2, 0) is 4.79 Å². The number of nitrogen functional groups attached to an aromatic ring is 1. The Bertz CT molecular complexity index is 520. The number of hydrogen-bond donors (Lipinski definition) is 4. The third-order valence-corrected chi connectivity index (χ3v) is 2.60. The average molecular weight is 278 g/mol. The lowest BCUT2D eigenvalue weighted by atomic mass is 10.1. The standard InChI is InChI=1S/C14H22N4O2/c1-8(13(20)18-14(2,3)4)17-11-6-5-9(12(16)19)7-10(11)15/h5-8,17H,15H2,1-4H3,(H2,16,19)(H,18,20). The molecule has 20 heavy (non-hydrogen) atoms. The van der Waals surface area contributed by atoms with E-state index in [1.807, 2.05) is 20.8 Å². The van der Waals surface area contributed by atoms with E-state index in [0.717, 1.165) is 0 Å². The van der Waals surface area contributed by atoms with Crippen LogP contribution in [0.1, 0.15) is 38.1 Å². The molecule has 0 aliphatic carbocycles. The van der Waals surface area contributed by atoms with Crippen LogP contribution < -0.4 is 22.1 Å². The minimum atomic E-state index is -0.540. The van der Waals surface area contributed by atoms with Crippen molar-refractivity contribution in [3.63, 3.8) is 0 Å². The normalized spacial score (nSPS) is 12.6. The summed E-state index contributed by atoms with van der Waals surface area (Å²) in [5, 5.41) is 5.88. The monoisotopic (exact) mass is 278 g/mol. The molecule has 0 fully saturated rings. The third kappa shape index (κ3) is 4.46. The Morgan fingerprint density at radius 2 is 1.85 bits per heavy atom. The average Bonchev–Trinajstić information content (AvgIpc) is 2.29. The van der Waals surface area contributed by atoms with Gasteiger partial charge in [0.1, 0.15) is 6.04 Å². The van der Waals surface area contributed by atoms with Crippen LogP contribution in [0.15, 0.2) is 18.2 Å². The van der Waals surface area contributed by atoms with Gasteiger partial charge in [0.2, 0.25) is 11.8 Å². The molecule has 0 aliphatic heterocycles. The SMILES string of the molecule is CC(Nc1ccc(C(N)=O)cc1N)C(=O)NC(C)(C)C. The van der Waals surface area contributed by atoms with Gasteiger partial charge in [-0.2, -0.15) is 0 Å². The molecular weight excluding hydrogens is 256 g/mol. The second-order valence-electron chi connectivity index (χ2n) is 5.77. The molecule has 1 rings (SSSR count). The highest BCUT2D eigenvalue weighted by molar-refractivity contribution is 5.95. The van der Waals surface area contributed by atoms with Gasteiger partial charge in [0.15, 0.2) is 0 Å². The van der Waals surface area contributed by atoms with Gasteiger partial charge in [-0.1, -0.05) is 0 Å². The highest BCUT2D eigenvalue weighted by Gasteiger charge is 2.19. The Morgan fingerprint density at radius 3 is 2.30 bits per heavy atom. The summed E-state index contributed by atoms with van der Waals surface area (Å²) in [5.41, 5.74) is 12.0. The van der Waals surface area contributed by atoms with Gasteiger partial charge >= 0.3 is 0 Å². The van der Waals surface area contributed by atoms with Crippen LogP contribution >= 0.6 is 0 Å². The zero-order valence-corrected chi connectivity index (χ0v) is 12.3. The van der Waals surface area contributed by atoms with Gasteiger partial charge in [-0.3, -0.25) is 9.59 Å². The topological polar surface area (TPSA) is 110 Å². The first-order valence-corrected chi connectivity index (χ1v) is 6.38. The quantitative estimate of drug-likeness (QED) is 0.618. The fourth-order valence-corrected chi connectivity index (χ4v) is 1.62. The van der Waals surface area contributed by atoms with E-state index < -0.39 is 11.9 Å². The zero-order valence-electron chi connectivity index (χ0n) is 12.3. The first-order chi connectivity index (χ1) is 9.10. The molecule has 1 atom stereocenters. The molecule has 6 heteroatoms. The fraction of sp³-hybridized carbons (Fsp3) is 0.429. The molecular formula is C14H22N4O2. The van der Waals surface area contributed by atoms with E-state index in [1.54, 1.807) is 19.1 Å². The Hall–Kier alpha value is -2.24. The maximum atomic E-state index is 12.0. The Kier molecular flexibility index (Phi) is 4.60. The summed E-state index contributed by atoms with van der Waals surface area (Å²) in [5.74, 6) is -0.669. The molecule has 0 saturated heterocycles. The summed E-state index contributed by atoms with van der Waals surface area (Å²) in [6.45, 7) is 7.47. The van der Waals surface area contributed by atoms with Gasteiger partial charge in [0.25, 0.3) is 0 Å². The number of carbonyl (C=O) groups excluding carboxylic acids is 2. The molecule has 0 aliphatic rings. The number of anilines is 2. The van der Waals surface area contributed by atoms with Gasteiger partial charge in [-0.15, -0.1) is 0 Å². The van der Waals surface area contributed by atoms with Crippen molar-refractivity contribution in [2.24, 2.45) is 5.73 Å². The zero-order chi connectivity index (χ0) is 15.5. The van der Waals surface area contributed by atoms with E-state index in [2.05, 4.69) is 10.6 Å². The summed E-state index contributed by atoms with van der Waals surface area (Å²) in [6.07, 6.45) is 0. The minimum Gasteiger partial charge on any atom is -0.397 e. The summed E-state index contributed by atoms with van der Waals surface area (Å²) >= 11 is 0. The summed E-state index contributed by atoms with van der Waals surface area (Å²) < 4.78 is 0. The number of hydrogen-bond acceptors (Lipinski definition) is 4. The van der Waals surface area contributed by atoms with Gasteiger partial charge in [-0.05, 0) is 45.9 Å². The fourth-order valence-electron chi connectivity index (χ4n) is 1.62. The van der Waals surface area contributed by atoms with Gasteiger partial charge < -0.3 is 22.1 Å². The van der Waals surface area contributed by atoms with Crippen molar-refractivity contribution in [2.75, 3.05) is 11.1 Å². The van der Waals surface area contributed by atoms with Crippen LogP contribution in [0, 0.1) is 0 Å². The molecule has 6 nitrogen and oxygen atoms in total. The molecule has 110 valence electrons. The number of primary amides is 1. The van der Waals surface area contributed by atoms with Crippen LogP contribution in [0.4, 0.5) is 11.4 Å². The van der Waals surface area contributed by atoms with Crippen LogP contribution in [0.25, 0.3) is 0 Å². The first-order valence-electron chi connectivity index (χ1n) is 6.38. The summed E-state index contributed by atoms with van der Waals surface area (Å²) in [7, 11) is 0. The van der Waals surface area contributed by atoms with Gasteiger partial charge in [0.05, 0.1) is 11.4 Å². The van der Waals surface area contributed by atoms with E-state index in [9.17, 15) is 9.59 Å². The largest absolute Gasteiger partial charge is 0.397 e. The van der Waals surface area contributed by atoms with Crippen molar-refractivity contribution in [1.82, 2.24) is 5.32 Å². The second-order valence-corrected chi connectivity index (χ2v) is 5.77. The highest BCUT2D eigenvalue weighted by Crippen LogP contribution is 2.20. The van der Waals surface area contributed by atoms with Crippen molar-refractivity contribution in [3.05, 3.63) is 23.8 Å². The highest BCUT2D eigenvalue weighted by atomic mass is 16.2. The van der Waals surface area contributed by atoms with Crippen molar-refractivity contribution in [3.8, 4) is 0 Å². The number of nitrogens with one attached hydrogen (secondary N) is 2. The summed E-state index contributed by atoms with van der Waals surface area (Å²) in [4.78, 5) is 23.0. The third-order valence-electron chi connectivity index (χ3n) is 2.60. The molecule has 0 spiro atoms. The molecule has 0 aromatic heterocycles. The van der Waals surface area contributed by atoms with Crippen molar-refractivity contribution in [2.45, 2.75) is 39.3 Å². The van der Waals surface area contributed by atoms with Crippen molar-refractivity contribution >= 4 is 23.2 Å². The number of rotatable bonds is 4.